The molecule has 1 amide bonds. The summed E-state index contributed by atoms with van der Waals surface area (Å²) in [5.74, 6) is 0.193. The van der Waals surface area contributed by atoms with Crippen LogP contribution in [0, 0.1) is 13.8 Å². The molecule has 0 saturated heterocycles. The quantitative estimate of drug-likeness (QED) is 0.760. The first kappa shape index (κ1) is 19.8. The van der Waals surface area contributed by atoms with Crippen molar-refractivity contribution in [3.8, 4) is 0 Å². The fourth-order valence-electron chi connectivity index (χ4n) is 2.37. The summed E-state index contributed by atoms with van der Waals surface area (Å²) in [7, 11) is -0.547. The van der Waals surface area contributed by atoms with Gasteiger partial charge in [0, 0.05) is 31.9 Å². The van der Waals surface area contributed by atoms with Crippen LogP contribution < -0.4 is 10.9 Å². The van der Waals surface area contributed by atoms with Crippen molar-refractivity contribution >= 4 is 15.9 Å². The molecular weight excluding hydrogens is 356 g/mol. The Kier molecular flexibility index (Phi) is 5.94. The van der Waals surface area contributed by atoms with E-state index >= 15 is 0 Å². The van der Waals surface area contributed by atoms with Gasteiger partial charge in [-0.3, -0.25) is 9.59 Å². The highest BCUT2D eigenvalue weighted by atomic mass is 32.2. The zero-order chi connectivity index (χ0) is 19.5. The predicted octanol–water partition coefficient (Wildman–Crippen LogP) is 0.496. The van der Waals surface area contributed by atoms with Crippen molar-refractivity contribution in [3.63, 3.8) is 0 Å². The topological polar surface area (TPSA) is 112 Å². The lowest BCUT2D eigenvalue weighted by Crippen LogP contribution is -2.29. The smallest absolute Gasteiger partial charge is 0.254 e. The average molecular weight is 378 g/mol. The van der Waals surface area contributed by atoms with Crippen LogP contribution in [-0.4, -0.2) is 42.7 Å². The van der Waals surface area contributed by atoms with Gasteiger partial charge in [0.25, 0.3) is 5.56 Å². The number of sulfonamides is 1. The van der Waals surface area contributed by atoms with Gasteiger partial charge in [-0.15, -0.1) is 0 Å². The van der Waals surface area contributed by atoms with Gasteiger partial charge in [0.1, 0.15) is 5.82 Å². The molecule has 0 fully saturated rings. The molecule has 2 N–H and O–H groups in total. The second-order valence-electron chi connectivity index (χ2n) is 6.10. The van der Waals surface area contributed by atoms with E-state index in [-0.39, 0.29) is 29.3 Å². The first-order chi connectivity index (χ1) is 12.1. The van der Waals surface area contributed by atoms with Crippen molar-refractivity contribution in [1.29, 1.82) is 0 Å². The number of hydrogen-bond donors (Lipinski definition) is 2. The third-order valence-electron chi connectivity index (χ3n) is 3.87. The number of carbonyl (C=O) groups is 1. The summed E-state index contributed by atoms with van der Waals surface area (Å²) in [6, 6.07) is 6.27. The molecule has 0 aliphatic heterocycles. The van der Waals surface area contributed by atoms with E-state index in [9.17, 15) is 18.0 Å². The molecule has 140 valence electrons. The van der Waals surface area contributed by atoms with Crippen molar-refractivity contribution in [1.82, 2.24) is 19.6 Å². The average Bonchev–Trinajstić information content (AvgIpc) is 2.56. The second-order valence-corrected chi connectivity index (χ2v) is 8.25. The minimum absolute atomic E-state index is 0.0679. The molecule has 2 aromatic rings. The summed E-state index contributed by atoms with van der Waals surface area (Å²) in [6.07, 6.45) is -0.0679. The van der Waals surface area contributed by atoms with E-state index in [4.69, 9.17) is 0 Å². The van der Waals surface area contributed by atoms with Crippen LogP contribution in [0.5, 0.6) is 0 Å². The highest BCUT2D eigenvalue weighted by Gasteiger charge is 2.16. The van der Waals surface area contributed by atoms with E-state index < -0.39 is 10.0 Å². The molecule has 0 radical (unpaired) electrons. The Hall–Kier alpha value is -2.52. The van der Waals surface area contributed by atoms with Gasteiger partial charge in [-0.2, -0.15) is 0 Å². The molecule has 0 aliphatic rings. The summed E-state index contributed by atoms with van der Waals surface area (Å²) in [4.78, 5) is 30.9. The van der Waals surface area contributed by atoms with Gasteiger partial charge in [0.2, 0.25) is 15.9 Å². The minimum Gasteiger partial charge on any atom is -0.352 e. The van der Waals surface area contributed by atoms with E-state index in [2.05, 4.69) is 15.3 Å². The lowest BCUT2D eigenvalue weighted by molar-refractivity contribution is -0.120. The highest BCUT2D eigenvalue weighted by Crippen LogP contribution is 2.14. The number of aryl methyl sites for hydroxylation is 2. The van der Waals surface area contributed by atoms with Crippen molar-refractivity contribution in [2.75, 3.05) is 14.1 Å². The molecule has 2 rings (SSSR count). The fourth-order valence-corrected chi connectivity index (χ4v) is 3.27. The Bertz CT molecular complexity index is 963. The van der Waals surface area contributed by atoms with Gasteiger partial charge in [0.05, 0.1) is 11.3 Å². The van der Waals surface area contributed by atoms with Crippen molar-refractivity contribution in [3.05, 3.63) is 57.3 Å². The monoisotopic (exact) mass is 378 g/mol. The minimum atomic E-state index is -3.48. The number of H-pyrrole nitrogens is 1. The van der Waals surface area contributed by atoms with Gasteiger partial charge in [-0.05, 0) is 31.5 Å². The van der Waals surface area contributed by atoms with Gasteiger partial charge in [0.15, 0.2) is 0 Å². The van der Waals surface area contributed by atoms with E-state index in [0.717, 1.165) is 9.87 Å². The number of carbonyl (C=O) groups excluding carboxylic acids is 1. The summed E-state index contributed by atoms with van der Waals surface area (Å²) < 4.78 is 25.2. The molecule has 0 bridgehead atoms. The van der Waals surface area contributed by atoms with Crippen LogP contribution in [-0.2, 0) is 27.8 Å². The molecule has 0 aliphatic carbocycles. The first-order valence-electron chi connectivity index (χ1n) is 7.96. The number of nitrogens with one attached hydrogen (secondary N) is 2. The van der Waals surface area contributed by atoms with Gasteiger partial charge in [-0.1, -0.05) is 12.1 Å². The maximum atomic E-state index is 12.1. The van der Waals surface area contributed by atoms with Crippen LogP contribution in [0.25, 0.3) is 0 Å². The Labute approximate surface area is 152 Å². The lowest BCUT2D eigenvalue weighted by Gasteiger charge is -2.12. The number of hydrogen-bond acceptors (Lipinski definition) is 5. The van der Waals surface area contributed by atoms with E-state index in [1.165, 1.54) is 26.2 Å². The molecule has 0 spiro atoms. The largest absolute Gasteiger partial charge is 0.352 e. The van der Waals surface area contributed by atoms with Crippen LogP contribution >= 0.6 is 0 Å². The van der Waals surface area contributed by atoms with Crippen LogP contribution in [0.3, 0.4) is 0 Å². The number of aromatic nitrogens is 2. The van der Waals surface area contributed by atoms with Gasteiger partial charge >= 0.3 is 0 Å². The van der Waals surface area contributed by atoms with E-state index in [1.54, 1.807) is 26.0 Å². The SMILES string of the molecule is Cc1nc(C)c(CC(=O)NCc2ccc(S(=O)(=O)N(C)C)cc2)c(=O)[nH]1. The zero-order valence-electron chi connectivity index (χ0n) is 15.2. The molecule has 1 heterocycles. The molecule has 26 heavy (non-hydrogen) atoms. The molecule has 1 aromatic carbocycles. The number of benzene rings is 1. The molecule has 1 aromatic heterocycles. The van der Waals surface area contributed by atoms with Crippen molar-refractivity contribution < 1.29 is 13.2 Å². The molecule has 0 unspecified atom stereocenters. The zero-order valence-corrected chi connectivity index (χ0v) is 16.0. The Balaban J connectivity index is 2.01. The Morgan fingerprint density at radius 3 is 2.35 bits per heavy atom. The lowest BCUT2D eigenvalue weighted by atomic mass is 10.1. The summed E-state index contributed by atoms with van der Waals surface area (Å²) in [6.45, 7) is 3.60. The summed E-state index contributed by atoms with van der Waals surface area (Å²) >= 11 is 0. The number of nitrogens with zero attached hydrogens (tertiary/aromatic N) is 2. The Morgan fingerprint density at radius 1 is 1.19 bits per heavy atom. The molecule has 8 nitrogen and oxygen atoms in total. The first-order valence-corrected chi connectivity index (χ1v) is 9.40. The van der Waals surface area contributed by atoms with Crippen molar-refractivity contribution in [2.24, 2.45) is 0 Å². The Morgan fingerprint density at radius 2 is 1.81 bits per heavy atom. The normalized spacial score (nSPS) is 11.6. The van der Waals surface area contributed by atoms with Crippen LogP contribution in [0.1, 0.15) is 22.6 Å². The van der Waals surface area contributed by atoms with E-state index in [0.29, 0.717) is 17.1 Å². The molecule has 0 saturated carbocycles. The molecule has 0 atom stereocenters. The standard InChI is InChI=1S/C17H22N4O4S/c1-11-15(17(23)20-12(2)19-11)9-16(22)18-10-13-5-7-14(8-6-13)26(24,25)21(3)4/h5-8H,9-10H2,1-4H3,(H,18,22)(H,19,20,23). The molecule has 9 heteroatoms. The summed E-state index contributed by atoms with van der Waals surface area (Å²) in [5, 5.41) is 2.72. The third kappa shape index (κ3) is 4.55. The van der Waals surface area contributed by atoms with Crippen molar-refractivity contribution in [2.45, 2.75) is 31.7 Å². The number of rotatable bonds is 6. The van der Waals surface area contributed by atoms with Gasteiger partial charge < -0.3 is 10.3 Å². The van der Waals surface area contributed by atoms with Crippen LogP contribution in [0.2, 0.25) is 0 Å². The maximum Gasteiger partial charge on any atom is 0.254 e. The second kappa shape index (κ2) is 7.79. The number of amides is 1. The summed E-state index contributed by atoms with van der Waals surface area (Å²) in [5.41, 5.74) is 1.30. The van der Waals surface area contributed by atoms with Gasteiger partial charge in [-0.25, -0.2) is 17.7 Å². The number of aromatic amines is 1. The fraction of sp³-hybridized carbons (Fsp3) is 0.353. The molecular formula is C17H22N4O4S. The van der Waals surface area contributed by atoms with Crippen LogP contribution in [0.4, 0.5) is 0 Å². The van der Waals surface area contributed by atoms with E-state index in [1.807, 2.05) is 0 Å². The highest BCUT2D eigenvalue weighted by molar-refractivity contribution is 7.89. The van der Waals surface area contributed by atoms with Crippen LogP contribution in [0.15, 0.2) is 34.0 Å². The third-order valence-corrected chi connectivity index (χ3v) is 5.70. The maximum absolute atomic E-state index is 12.1. The predicted molar refractivity (Wildman–Crippen MR) is 97.2 cm³/mol.